The molecule has 0 spiro atoms. The lowest BCUT2D eigenvalue weighted by Crippen LogP contribution is -2.02. The van der Waals surface area contributed by atoms with Gasteiger partial charge in [-0.1, -0.05) is 49.3 Å². The molecule has 0 N–H and O–H groups in total. The number of carbonyl (C=O) groups is 2. The Morgan fingerprint density at radius 1 is 0.694 bits per heavy atom. The minimum Gasteiger partial charge on any atom is -0.462 e. The van der Waals surface area contributed by atoms with Crippen LogP contribution in [0.15, 0.2) is 83.8 Å². The number of aliphatic imine (C=N–C) groups is 2. The van der Waals surface area contributed by atoms with Crippen molar-refractivity contribution in [2.75, 3.05) is 26.3 Å². The second-order valence-electron chi connectivity index (χ2n) is 7.26. The molecule has 0 aliphatic carbocycles. The fraction of sp³-hybridized carbons (Fsp3) is 0.200. The average Bonchev–Trinajstić information content (AvgIpc) is 2.91. The summed E-state index contributed by atoms with van der Waals surface area (Å²) < 4.78 is 9.79. The highest BCUT2D eigenvalue weighted by Gasteiger charge is 1.95. The maximum Gasteiger partial charge on any atom is 0.330 e. The summed E-state index contributed by atoms with van der Waals surface area (Å²) in [5.41, 5.74) is 3.66. The summed E-state index contributed by atoms with van der Waals surface area (Å²) >= 11 is 0. The summed E-state index contributed by atoms with van der Waals surface area (Å²) in [7, 11) is 0. The number of nitrogens with zero attached hydrogens (tertiary/aromatic N) is 2. The monoisotopic (exact) mass is 480 g/mol. The Kier molecular flexibility index (Phi) is 12.9. The highest BCUT2D eigenvalue weighted by Crippen LogP contribution is 2.03. The van der Waals surface area contributed by atoms with Gasteiger partial charge in [0, 0.05) is 61.6 Å². The van der Waals surface area contributed by atoms with Crippen LogP contribution in [0.5, 0.6) is 0 Å². The molecule has 0 aliphatic heterocycles. The molecule has 6 nitrogen and oxygen atoms in total. The third-order valence-corrected chi connectivity index (χ3v) is 4.46. The SMILES string of the molecule is C=CC(=O)OCCCN=Cc1ccc(C#CC#Cc2ccc(C=NCCCOC(=O)C=C)cc2)cc1. The molecule has 36 heavy (non-hydrogen) atoms. The predicted octanol–water partition coefficient (Wildman–Crippen LogP) is 4.17. The van der Waals surface area contributed by atoms with Gasteiger partial charge in [-0.3, -0.25) is 9.98 Å². The van der Waals surface area contributed by atoms with Gasteiger partial charge in [0.2, 0.25) is 0 Å². The van der Waals surface area contributed by atoms with Crippen molar-refractivity contribution >= 4 is 24.4 Å². The minimum atomic E-state index is -0.418. The van der Waals surface area contributed by atoms with Gasteiger partial charge in [-0.2, -0.15) is 0 Å². The van der Waals surface area contributed by atoms with Gasteiger partial charge >= 0.3 is 11.9 Å². The fourth-order valence-corrected chi connectivity index (χ4v) is 2.63. The molecule has 0 radical (unpaired) electrons. The van der Waals surface area contributed by atoms with Gasteiger partial charge < -0.3 is 9.47 Å². The molecule has 0 bridgehead atoms. The lowest BCUT2D eigenvalue weighted by atomic mass is 10.1. The molecule has 0 aromatic heterocycles. The number of hydrogen-bond acceptors (Lipinski definition) is 6. The molecule has 0 saturated heterocycles. The normalized spacial score (nSPS) is 10.1. The molecule has 0 atom stereocenters. The van der Waals surface area contributed by atoms with E-state index in [0.717, 1.165) is 34.4 Å². The van der Waals surface area contributed by atoms with E-state index in [4.69, 9.17) is 9.47 Å². The number of carbonyl (C=O) groups excluding carboxylic acids is 2. The van der Waals surface area contributed by atoms with Crippen molar-refractivity contribution in [3.8, 4) is 23.7 Å². The van der Waals surface area contributed by atoms with Crippen molar-refractivity contribution in [1.29, 1.82) is 0 Å². The summed E-state index contributed by atoms with van der Waals surface area (Å²) in [5.74, 6) is 11.0. The van der Waals surface area contributed by atoms with Gasteiger partial charge in [-0.15, -0.1) is 0 Å². The first-order chi connectivity index (χ1) is 17.6. The minimum absolute atomic E-state index is 0.328. The van der Waals surface area contributed by atoms with E-state index >= 15 is 0 Å². The molecule has 182 valence electrons. The van der Waals surface area contributed by atoms with Gasteiger partial charge in [0.25, 0.3) is 0 Å². The van der Waals surface area contributed by atoms with Crippen LogP contribution in [0.3, 0.4) is 0 Å². The third-order valence-electron chi connectivity index (χ3n) is 4.46. The number of hydrogen-bond donors (Lipinski definition) is 0. The molecule has 2 aromatic carbocycles. The standard InChI is InChI=1S/C30H28N2O4/c1-3-29(33)35-21-7-19-31-23-27-15-11-25(12-16-27)9-5-6-10-26-13-17-28(18-14-26)24-32-20-8-22-36-30(34)4-2/h3-4,11-18,23-24H,1-2,7-8,19-22H2. The Labute approximate surface area is 212 Å². The zero-order valence-corrected chi connectivity index (χ0v) is 20.1. The van der Waals surface area contributed by atoms with E-state index in [-0.39, 0.29) is 0 Å². The highest BCUT2D eigenvalue weighted by atomic mass is 16.5. The van der Waals surface area contributed by atoms with Gasteiger partial charge in [0.05, 0.1) is 13.2 Å². The van der Waals surface area contributed by atoms with Crippen LogP contribution in [0.25, 0.3) is 0 Å². The van der Waals surface area contributed by atoms with Crippen LogP contribution in [0.2, 0.25) is 0 Å². The largest absolute Gasteiger partial charge is 0.462 e. The molecule has 0 amide bonds. The molecule has 0 saturated carbocycles. The van der Waals surface area contributed by atoms with Gasteiger partial charge in [0.15, 0.2) is 0 Å². The first kappa shape index (κ1) is 27.6. The van der Waals surface area contributed by atoms with Crippen molar-refractivity contribution in [2.24, 2.45) is 9.98 Å². The maximum absolute atomic E-state index is 10.9. The van der Waals surface area contributed by atoms with Crippen LogP contribution in [-0.2, 0) is 19.1 Å². The molecular weight excluding hydrogens is 452 g/mol. The highest BCUT2D eigenvalue weighted by molar-refractivity contribution is 5.82. The predicted molar refractivity (Wildman–Crippen MR) is 143 cm³/mol. The van der Waals surface area contributed by atoms with Crippen LogP contribution in [0, 0.1) is 23.7 Å². The molecule has 0 fully saturated rings. The lowest BCUT2D eigenvalue weighted by Gasteiger charge is -1.99. The first-order valence-electron chi connectivity index (χ1n) is 11.4. The smallest absolute Gasteiger partial charge is 0.330 e. The molecule has 0 heterocycles. The molecular formula is C30H28N2O4. The summed E-state index contributed by atoms with van der Waals surface area (Å²) in [6.07, 6.45) is 7.17. The van der Waals surface area contributed by atoms with Crippen molar-refractivity contribution in [3.63, 3.8) is 0 Å². The molecule has 0 unspecified atom stereocenters. The third kappa shape index (κ3) is 12.0. The van der Waals surface area contributed by atoms with Gasteiger partial charge in [-0.05, 0) is 47.2 Å². The maximum atomic E-state index is 10.9. The first-order valence-corrected chi connectivity index (χ1v) is 11.4. The van der Waals surface area contributed by atoms with Crippen LogP contribution < -0.4 is 0 Å². The van der Waals surface area contributed by atoms with E-state index in [1.165, 1.54) is 0 Å². The number of ether oxygens (including phenoxy) is 2. The number of esters is 2. The van der Waals surface area contributed by atoms with Crippen molar-refractivity contribution in [3.05, 3.63) is 96.1 Å². The Hall–Kier alpha value is -4.68. The quantitative estimate of drug-likeness (QED) is 0.150. The summed E-state index contributed by atoms with van der Waals surface area (Å²) in [4.78, 5) is 30.5. The Morgan fingerprint density at radius 3 is 1.44 bits per heavy atom. The lowest BCUT2D eigenvalue weighted by molar-refractivity contribution is -0.138. The summed E-state index contributed by atoms with van der Waals surface area (Å²) in [5, 5.41) is 0. The number of rotatable bonds is 12. The molecule has 0 aliphatic rings. The van der Waals surface area contributed by atoms with E-state index in [1.807, 2.05) is 48.5 Å². The van der Waals surface area contributed by atoms with E-state index in [1.54, 1.807) is 12.4 Å². The van der Waals surface area contributed by atoms with Gasteiger partial charge in [-0.25, -0.2) is 9.59 Å². The Bertz CT molecular complexity index is 1100. The van der Waals surface area contributed by atoms with Crippen molar-refractivity contribution in [2.45, 2.75) is 12.8 Å². The zero-order chi connectivity index (χ0) is 25.8. The molecule has 6 heteroatoms. The Morgan fingerprint density at radius 2 is 1.08 bits per heavy atom. The van der Waals surface area contributed by atoms with E-state index < -0.39 is 11.9 Å². The van der Waals surface area contributed by atoms with Crippen LogP contribution in [-0.4, -0.2) is 50.7 Å². The summed E-state index contributed by atoms with van der Waals surface area (Å²) in [6, 6.07) is 15.4. The number of benzene rings is 2. The van der Waals surface area contributed by atoms with Gasteiger partial charge in [0.1, 0.15) is 0 Å². The van der Waals surface area contributed by atoms with E-state index in [0.29, 0.717) is 39.1 Å². The second kappa shape index (κ2) is 16.9. The fourth-order valence-electron chi connectivity index (χ4n) is 2.63. The zero-order valence-electron chi connectivity index (χ0n) is 20.1. The van der Waals surface area contributed by atoms with Crippen LogP contribution >= 0.6 is 0 Å². The van der Waals surface area contributed by atoms with Crippen LogP contribution in [0.1, 0.15) is 35.1 Å². The van der Waals surface area contributed by atoms with E-state index in [9.17, 15) is 9.59 Å². The summed E-state index contributed by atoms with van der Waals surface area (Å²) in [6.45, 7) is 8.49. The second-order valence-corrected chi connectivity index (χ2v) is 7.26. The average molecular weight is 481 g/mol. The molecule has 2 rings (SSSR count). The Balaban J connectivity index is 1.74. The van der Waals surface area contributed by atoms with E-state index in [2.05, 4.69) is 46.8 Å². The van der Waals surface area contributed by atoms with Crippen LogP contribution in [0.4, 0.5) is 0 Å². The topological polar surface area (TPSA) is 77.3 Å². The van der Waals surface area contributed by atoms with Crippen molar-refractivity contribution < 1.29 is 19.1 Å². The molecule has 2 aromatic rings. The van der Waals surface area contributed by atoms with Crippen molar-refractivity contribution in [1.82, 2.24) is 0 Å².